The van der Waals surface area contributed by atoms with E-state index in [2.05, 4.69) is 23.0 Å². The van der Waals surface area contributed by atoms with E-state index >= 15 is 0 Å². The van der Waals surface area contributed by atoms with Crippen LogP contribution in [0, 0.1) is 5.92 Å². The minimum atomic E-state index is 0.261. The summed E-state index contributed by atoms with van der Waals surface area (Å²) in [6, 6.07) is 0. The van der Waals surface area contributed by atoms with Crippen molar-refractivity contribution >= 4 is 12.1 Å². The Morgan fingerprint density at radius 2 is 2.11 bits per heavy atom. The molecule has 4 N–H and O–H groups in total. The van der Waals surface area contributed by atoms with Crippen LogP contribution in [0.3, 0.4) is 0 Å². The Bertz CT molecular complexity index is 528. The normalized spacial score (nSPS) is 26.8. The maximum absolute atomic E-state index is 6.25. The third-order valence-electron chi connectivity index (χ3n) is 3.65. The van der Waals surface area contributed by atoms with E-state index < -0.39 is 0 Å². The number of rotatable bonds is 2. The zero-order valence-corrected chi connectivity index (χ0v) is 11.9. The largest absolute Gasteiger partial charge is 0.395 e. The minimum Gasteiger partial charge on any atom is -0.395 e. The highest BCUT2D eigenvalue weighted by molar-refractivity contribution is 5.79. The van der Waals surface area contributed by atoms with Gasteiger partial charge >= 0.3 is 0 Å². The van der Waals surface area contributed by atoms with Crippen molar-refractivity contribution in [3.63, 3.8) is 0 Å². The molecule has 4 heteroatoms. The fraction of sp³-hybridized carbons (Fsp3) is 0.467. The third kappa shape index (κ3) is 2.35. The van der Waals surface area contributed by atoms with Gasteiger partial charge < -0.3 is 11.5 Å². The predicted molar refractivity (Wildman–Crippen MR) is 80.8 cm³/mol. The van der Waals surface area contributed by atoms with Gasteiger partial charge in [0, 0.05) is 12.1 Å². The summed E-state index contributed by atoms with van der Waals surface area (Å²) in [6.07, 6.45) is 7.28. The average Bonchev–Trinajstić information content (AvgIpc) is 2.64. The number of aliphatic imine (C=N–C) groups is 2. The molecular formula is C15H22N4. The van der Waals surface area contributed by atoms with E-state index in [4.69, 9.17) is 11.5 Å². The van der Waals surface area contributed by atoms with Gasteiger partial charge in [-0.25, -0.2) is 4.99 Å². The minimum absolute atomic E-state index is 0.261. The van der Waals surface area contributed by atoms with Crippen molar-refractivity contribution in [2.45, 2.75) is 40.0 Å². The summed E-state index contributed by atoms with van der Waals surface area (Å²) in [5, 5.41) is 0. The van der Waals surface area contributed by atoms with Gasteiger partial charge in [-0.05, 0) is 51.2 Å². The summed E-state index contributed by atoms with van der Waals surface area (Å²) in [4.78, 5) is 8.91. The number of allylic oxidation sites excluding steroid dienone is 3. The lowest BCUT2D eigenvalue weighted by Gasteiger charge is -2.25. The van der Waals surface area contributed by atoms with E-state index in [0.717, 1.165) is 30.7 Å². The highest BCUT2D eigenvalue weighted by Crippen LogP contribution is 2.47. The van der Waals surface area contributed by atoms with Crippen molar-refractivity contribution in [2.75, 3.05) is 0 Å². The Morgan fingerprint density at radius 1 is 1.37 bits per heavy atom. The molecule has 4 nitrogen and oxygen atoms in total. The summed E-state index contributed by atoms with van der Waals surface area (Å²) in [6.45, 7) is 5.77. The van der Waals surface area contributed by atoms with Gasteiger partial charge in [0.2, 0.25) is 0 Å². The zero-order chi connectivity index (χ0) is 14.0. The number of amidine groups is 1. The Balaban J connectivity index is 2.58. The van der Waals surface area contributed by atoms with E-state index in [1.54, 1.807) is 13.1 Å². The van der Waals surface area contributed by atoms with E-state index in [0.29, 0.717) is 11.5 Å². The Morgan fingerprint density at radius 3 is 2.68 bits per heavy atom. The highest BCUT2D eigenvalue weighted by atomic mass is 14.9. The van der Waals surface area contributed by atoms with Crippen molar-refractivity contribution in [1.82, 2.24) is 0 Å². The van der Waals surface area contributed by atoms with E-state index in [1.807, 2.05) is 6.92 Å². The molecule has 0 amide bonds. The summed E-state index contributed by atoms with van der Waals surface area (Å²) < 4.78 is 0. The Kier molecular flexibility index (Phi) is 3.88. The van der Waals surface area contributed by atoms with Crippen molar-refractivity contribution in [1.29, 1.82) is 0 Å². The highest BCUT2D eigenvalue weighted by Gasteiger charge is 2.36. The van der Waals surface area contributed by atoms with E-state index in [9.17, 15) is 0 Å². The van der Waals surface area contributed by atoms with Gasteiger partial charge in [-0.3, -0.25) is 4.99 Å². The first-order chi connectivity index (χ1) is 9.10. The van der Waals surface area contributed by atoms with Crippen LogP contribution in [0.1, 0.15) is 40.0 Å². The first-order valence-electron chi connectivity index (χ1n) is 6.79. The smallest absolute Gasteiger partial charge is 0.0962 e. The van der Waals surface area contributed by atoms with Crippen molar-refractivity contribution in [3.05, 3.63) is 34.3 Å². The van der Waals surface area contributed by atoms with Crippen molar-refractivity contribution < 1.29 is 0 Å². The van der Waals surface area contributed by atoms with Gasteiger partial charge in [0.15, 0.2) is 0 Å². The molecule has 1 atom stereocenters. The Labute approximate surface area is 114 Å². The predicted octanol–water partition coefficient (Wildman–Crippen LogP) is 2.64. The number of fused-ring (bicyclic) bond motifs is 1. The lowest BCUT2D eigenvalue weighted by molar-refractivity contribution is 0.561. The Hall–Kier alpha value is -1.84. The molecule has 0 saturated heterocycles. The topological polar surface area (TPSA) is 76.8 Å². The monoisotopic (exact) mass is 258 g/mol. The summed E-state index contributed by atoms with van der Waals surface area (Å²) in [5.41, 5.74) is 17.1. The van der Waals surface area contributed by atoms with Crippen LogP contribution in [0.2, 0.25) is 0 Å². The summed E-state index contributed by atoms with van der Waals surface area (Å²) in [5.74, 6) is 0.809. The first kappa shape index (κ1) is 13.6. The molecule has 19 heavy (non-hydrogen) atoms. The molecule has 0 heterocycles. The molecule has 1 saturated carbocycles. The fourth-order valence-electron chi connectivity index (χ4n) is 2.94. The summed E-state index contributed by atoms with van der Waals surface area (Å²) >= 11 is 0. The molecule has 0 aromatic rings. The van der Waals surface area contributed by atoms with Gasteiger partial charge in [0.05, 0.1) is 22.9 Å². The molecule has 0 bridgehead atoms. The fourth-order valence-corrected chi connectivity index (χ4v) is 2.94. The molecule has 0 radical (unpaired) electrons. The molecule has 102 valence electrons. The standard InChI is InChI=1S/C15H22N4/c1-4-10-7-6-8-11-12(10)15(18-5-2)13(17)14(11)19-9(3)16/h4-5,11H,6-8,17H2,1-3H3,(H2,16,19)/b10-4-,18-5?. The van der Waals surface area contributed by atoms with Gasteiger partial charge in [-0.1, -0.05) is 6.08 Å². The van der Waals surface area contributed by atoms with Crippen molar-refractivity contribution in [2.24, 2.45) is 27.4 Å². The van der Waals surface area contributed by atoms with Gasteiger partial charge in [0.1, 0.15) is 0 Å². The van der Waals surface area contributed by atoms with Crippen LogP contribution in [0.15, 0.2) is 44.3 Å². The molecule has 0 aromatic heterocycles. The maximum atomic E-state index is 6.25. The molecular weight excluding hydrogens is 236 g/mol. The molecule has 1 fully saturated rings. The van der Waals surface area contributed by atoms with Gasteiger partial charge in [-0.15, -0.1) is 0 Å². The van der Waals surface area contributed by atoms with Gasteiger partial charge in [-0.2, -0.15) is 0 Å². The van der Waals surface area contributed by atoms with E-state index in [1.165, 1.54) is 11.1 Å². The number of nitrogens with two attached hydrogens (primary N) is 2. The lowest BCUT2D eigenvalue weighted by atomic mass is 9.81. The van der Waals surface area contributed by atoms with Crippen LogP contribution in [-0.2, 0) is 0 Å². The van der Waals surface area contributed by atoms with Crippen LogP contribution in [0.25, 0.3) is 0 Å². The molecule has 2 aliphatic carbocycles. The second-order valence-corrected chi connectivity index (χ2v) is 4.96. The van der Waals surface area contributed by atoms with Crippen LogP contribution in [0.5, 0.6) is 0 Å². The molecule has 0 aliphatic heterocycles. The van der Waals surface area contributed by atoms with Crippen molar-refractivity contribution in [3.8, 4) is 0 Å². The number of hydrogen-bond donors (Lipinski definition) is 2. The number of hydrogen-bond acceptors (Lipinski definition) is 3. The molecule has 2 aliphatic rings. The molecule has 2 rings (SSSR count). The zero-order valence-electron chi connectivity index (χ0n) is 11.9. The van der Waals surface area contributed by atoms with E-state index in [-0.39, 0.29) is 5.92 Å². The average molecular weight is 258 g/mol. The summed E-state index contributed by atoms with van der Waals surface area (Å²) in [7, 11) is 0. The van der Waals surface area contributed by atoms with Crippen LogP contribution < -0.4 is 11.5 Å². The number of nitrogens with zero attached hydrogens (tertiary/aromatic N) is 2. The van der Waals surface area contributed by atoms with Gasteiger partial charge in [0.25, 0.3) is 0 Å². The second-order valence-electron chi connectivity index (χ2n) is 4.96. The third-order valence-corrected chi connectivity index (χ3v) is 3.65. The SMILES string of the molecule is CC=NC1=C2/C(=C\C)CCCC2C(N=C(C)N)=C1N. The first-order valence-corrected chi connectivity index (χ1v) is 6.79. The van der Waals surface area contributed by atoms with Crippen LogP contribution >= 0.6 is 0 Å². The van der Waals surface area contributed by atoms with Crippen LogP contribution in [-0.4, -0.2) is 12.1 Å². The molecule has 0 spiro atoms. The maximum Gasteiger partial charge on any atom is 0.0962 e. The quantitative estimate of drug-likeness (QED) is 0.590. The lowest BCUT2D eigenvalue weighted by Crippen LogP contribution is -2.14. The molecule has 0 aromatic carbocycles. The second kappa shape index (κ2) is 5.43. The molecule has 1 unspecified atom stereocenters. The van der Waals surface area contributed by atoms with Crippen LogP contribution in [0.4, 0.5) is 0 Å².